The molecule has 18 aromatic rings. The van der Waals surface area contributed by atoms with Gasteiger partial charge in [-0.25, -0.2) is 9.97 Å². The van der Waals surface area contributed by atoms with Crippen molar-refractivity contribution in [3.05, 3.63) is 225 Å². The highest BCUT2D eigenvalue weighted by Gasteiger charge is 2.23. The first kappa shape index (κ1) is 41.7. The number of rotatable bonds is 3. The number of hydrogen-bond acceptors (Lipinski definition) is 5. The Labute approximate surface area is 446 Å². The second-order valence-electron chi connectivity index (χ2n) is 20.6. The summed E-state index contributed by atoms with van der Waals surface area (Å²) >= 11 is 3.64. The topological polar surface area (TPSA) is 54.8 Å². The molecule has 0 amide bonds. The summed E-state index contributed by atoms with van der Waals surface area (Å²) in [5.74, 6) is 0.226. The molecule has 12 aromatic carbocycles. The molecule has 0 radical (unpaired) electrons. The molecule has 0 aliphatic rings. The lowest BCUT2D eigenvalue weighted by Crippen LogP contribution is -1.91. The molecule has 0 unspecified atom stereocenters. The van der Waals surface area contributed by atoms with Crippen molar-refractivity contribution in [2.45, 2.75) is 0 Å². The number of fused-ring (bicyclic) bond motifs is 24. The van der Waals surface area contributed by atoms with E-state index in [4.69, 9.17) is 9.97 Å². The molecular weight excluding hydrogens is 977 g/mol. The number of imidazole rings is 2. The predicted molar refractivity (Wildman–Crippen MR) is 328 cm³/mol. The summed E-state index contributed by atoms with van der Waals surface area (Å²) in [7, 11) is 0. The van der Waals surface area contributed by atoms with E-state index in [1.54, 1.807) is 0 Å². The Balaban J connectivity index is 0.826. The zero-order valence-corrected chi connectivity index (χ0v) is 42.5. The van der Waals surface area contributed by atoms with E-state index in [0.29, 0.717) is 0 Å². The first-order chi connectivity index (χ1) is 38.0. The van der Waals surface area contributed by atoms with Crippen LogP contribution in [0.2, 0.25) is 0 Å². The fourth-order valence-corrected chi connectivity index (χ4v) is 15.3. The van der Waals surface area contributed by atoms with E-state index in [1.807, 2.05) is 28.7 Å². The smallest absolute Gasteiger partial charge is 0.156 e. The summed E-state index contributed by atoms with van der Waals surface area (Å²) in [5.41, 5.74) is 11.9. The molecule has 0 saturated carbocycles. The minimum atomic E-state index is 0.226. The van der Waals surface area contributed by atoms with Crippen LogP contribution >= 0.6 is 22.7 Å². The summed E-state index contributed by atoms with van der Waals surface area (Å²) in [4.78, 5) is 11.2. The van der Waals surface area contributed by atoms with Crippen molar-refractivity contribution in [2.75, 3.05) is 0 Å². The highest BCUT2D eigenvalue weighted by molar-refractivity contribution is 7.27. The first-order valence-electron chi connectivity index (χ1n) is 26.0. The number of pyridine rings is 2. The highest BCUT2D eigenvalue weighted by Crippen LogP contribution is 2.47. The zero-order chi connectivity index (χ0) is 50.2. The van der Waals surface area contributed by atoms with Crippen LogP contribution in [0.3, 0.4) is 0 Å². The Morgan fingerprint density at radius 2 is 0.753 bits per heavy atom. The molecule has 0 saturated heterocycles. The Morgan fingerprint density at radius 1 is 0.325 bits per heavy atom. The molecule has 0 fully saturated rings. The standard InChI is InChI=1S/C70H38N4OS2/c75-58-24-21-46(57-37-48-32-43-12-2-4-14-45(43)34-55(48)64-66(57)74-30-28-52-62-50-16-8-6-10-39(50)23-26-60(62)77-68(52)70(74)72-64)35-53(58)40-17-19-41(20-18-40)56-36-47-31-42-11-1-3-13-44(42)33-54(47)63-65(56)73-29-27-51-61-49-15-7-5-9-38(49)22-25-59(61)76-67(51)69(73)71-63/h1-37,75H. The van der Waals surface area contributed by atoms with Crippen molar-refractivity contribution in [1.82, 2.24) is 18.8 Å². The lowest BCUT2D eigenvalue weighted by Gasteiger charge is -2.13. The number of aromatic nitrogens is 4. The van der Waals surface area contributed by atoms with Crippen molar-refractivity contribution >= 4 is 161 Å². The first-order valence-corrected chi connectivity index (χ1v) is 27.6. The molecule has 18 rings (SSSR count). The molecule has 6 aromatic heterocycles. The molecule has 0 aliphatic carbocycles. The number of phenolic OH excluding ortho intramolecular Hbond substituents is 1. The van der Waals surface area contributed by atoms with Gasteiger partial charge in [0.25, 0.3) is 0 Å². The number of benzene rings is 12. The Hall–Kier alpha value is -9.66. The molecule has 5 nitrogen and oxygen atoms in total. The maximum atomic E-state index is 11.8. The molecule has 0 bridgehead atoms. The Morgan fingerprint density at radius 3 is 1.26 bits per heavy atom. The van der Waals surface area contributed by atoms with Crippen molar-refractivity contribution in [3.8, 4) is 39.1 Å². The van der Waals surface area contributed by atoms with Crippen LogP contribution in [0.4, 0.5) is 0 Å². The lowest BCUT2D eigenvalue weighted by molar-refractivity contribution is 0.477. The van der Waals surface area contributed by atoms with Crippen LogP contribution in [0, 0.1) is 0 Å². The van der Waals surface area contributed by atoms with Crippen LogP contribution in [0.5, 0.6) is 5.75 Å². The minimum Gasteiger partial charge on any atom is -0.507 e. The molecule has 77 heavy (non-hydrogen) atoms. The van der Waals surface area contributed by atoms with Crippen LogP contribution < -0.4 is 0 Å². The van der Waals surface area contributed by atoms with Gasteiger partial charge in [-0.15, -0.1) is 22.7 Å². The van der Waals surface area contributed by atoms with Gasteiger partial charge in [-0.05, 0) is 143 Å². The summed E-state index contributed by atoms with van der Waals surface area (Å²) in [6, 6.07) is 76.7. The molecular formula is C70H38N4OS2. The number of nitrogens with zero attached hydrogens (tertiary/aromatic N) is 4. The van der Waals surface area contributed by atoms with Gasteiger partial charge in [0.2, 0.25) is 0 Å². The lowest BCUT2D eigenvalue weighted by atomic mass is 9.93. The Kier molecular flexibility index (Phi) is 8.24. The summed E-state index contributed by atoms with van der Waals surface area (Å²) in [6.07, 6.45) is 4.43. The summed E-state index contributed by atoms with van der Waals surface area (Å²) in [6.45, 7) is 0. The van der Waals surface area contributed by atoms with Gasteiger partial charge in [0.05, 0.1) is 31.5 Å². The number of hydrogen-bond donors (Lipinski definition) is 1. The maximum absolute atomic E-state index is 11.8. The second kappa shape index (κ2) is 15.2. The SMILES string of the molecule is Oc1ccc(-c2cc3cc4ccccc4cc3c3nc4c5sc6ccc7ccccc7c6c5ccn4c23)cc1-c1ccc(-c2cc3cc4ccccc4cc3c3nc4c5sc6ccc7ccccc7c6c5ccn4c23)cc1. The number of aromatic hydroxyl groups is 1. The average molecular weight is 1020 g/mol. The quantitative estimate of drug-likeness (QED) is 0.179. The summed E-state index contributed by atoms with van der Waals surface area (Å²) < 4.78 is 9.47. The van der Waals surface area contributed by atoms with E-state index in [9.17, 15) is 5.11 Å². The summed E-state index contributed by atoms with van der Waals surface area (Å²) in [5, 5.41) is 31.1. The van der Waals surface area contributed by atoms with Crippen LogP contribution in [-0.2, 0) is 0 Å². The number of phenols is 1. The van der Waals surface area contributed by atoms with Gasteiger partial charge >= 0.3 is 0 Å². The van der Waals surface area contributed by atoms with Gasteiger partial charge < -0.3 is 5.11 Å². The van der Waals surface area contributed by atoms with E-state index in [-0.39, 0.29) is 5.75 Å². The van der Waals surface area contributed by atoms with Crippen LogP contribution in [0.25, 0.3) is 172 Å². The molecule has 0 spiro atoms. The van der Waals surface area contributed by atoms with Gasteiger partial charge in [0.15, 0.2) is 11.3 Å². The van der Waals surface area contributed by atoms with Crippen molar-refractivity contribution < 1.29 is 5.11 Å². The van der Waals surface area contributed by atoms with Crippen molar-refractivity contribution in [2.24, 2.45) is 0 Å². The van der Waals surface area contributed by atoms with E-state index < -0.39 is 0 Å². The normalized spacial score (nSPS) is 12.5. The van der Waals surface area contributed by atoms with Gasteiger partial charge in [-0.3, -0.25) is 8.80 Å². The number of thiophene rings is 2. The molecule has 1 N–H and O–H groups in total. The average Bonchev–Trinajstić information content (AvgIpc) is 4.41. The third-order valence-electron chi connectivity index (χ3n) is 16.5. The molecule has 356 valence electrons. The van der Waals surface area contributed by atoms with Crippen LogP contribution in [0.1, 0.15) is 0 Å². The van der Waals surface area contributed by atoms with Crippen LogP contribution in [-0.4, -0.2) is 23.9 Å². The van der Waals surface area contributed by atoms with Crippen LogP contribution in [0.15, 0.2) is 225 Å². The van der Waals surface area contributed by atoms with Crippen molar-refractivity contribution in [1.29, 1.82) is 0 Å². The van der Waals surface area contributed by atoms with Gasteiger partial charge in [0.1, 0.15) is 5.75 Å². The molecule has 7 heteroatoms. The molecule has 6 heterocycles. The molecule has 0 atom stereocenters. The predicted octanol–water partition coefficient (Wildman–Crippen LogP) is 19.7. The molecule has 0 aliphatic heterocycles. The zero-order valence-electron chi connectivity index (χ0n) is 40.9. The monoisotopic (exact) mass is 1010 g/mol. The van der Waals surface area contributed by atoms with Gasteiger partial charge in [-0.1, -0.05) is 140 Å². The maximum Gasteiger partial charge on any atom is 0.156 e. The minimum absolute atomic E-state index is 0.226. The van der Waals surface area contributed by atoms with Gasteiger partial charge in [0, 0.05) is 70.8 Å². The van der Waals surface area contributed by atoms with Gasteiger partial charge in [-0.2, -0.15) is 0 Å². The third kappa shape index (κ3) is 5.81. The van der Waals surface area contributed by atoms with Crippen molar-refractivity contribution in [3.63, 3.8) is 0 Å². The fourth-order valence-electron chi connectivity index (χ4n) is 12.9. The second-order valence-corrected chi connectivity index (χ2v) is 22.7. The largest absolute Gasteiger partial charge is 0.507 e. The van der Waals surface area contributed by atoms with E-state index >= 15 is 0 Å². The van der Waals surface area contributed by atoms with E-state index in [1.165, 1.54) is 83.4 Å². The highest BCUT2D eigenvalue weighted by atomic mass is 32.1. The third-order valence-corrected chi connectivity index (χ3v) is 18.8. The van der Waals surface area contributed by atoms with E-state index in [0.717, 1.165) is 88.3 Å². The Bertz CT molecular complexity index is 5660. The van der Waals surface area contributed by atoms with E-state index in [2.05, 4.69) is 227 Å². The fraction of sp³-hybridized carbons (Fsp3) is 0.